The molecule has 1 heterocycles. The molecular weight excluding hydrogens is 614 g/mol. The average Bonchev–Trinajstić information content (AvgIpc) is 3.46. The minimum atomic E-state index is -1.04. The second-order valence-corrected chi connectivity index (χ2v) is 17.5. The largest absolute Gasteiger partial charge is 0.514 e. The van der Waals surface area contributed by atoms with Crippen LogP contribution in [-0.2, 0) is 14.2 Å². The third kappa shape index (κ3) is 4.67. The number of hydrogen-bond acceptors (Lipinski definition) is 9. The highest BCUT2D eigenvalue weighted by Crippen LogP contribution is 2.89. The van der Waals surface area contributed by atoms with Gasteiger partial charge in [-0.3, -0.25) is 10.1 Å². The molecule has 1 saturated heterocycles. The number of carbonyl (C=O) groups is 1. The van der Waals surface area contributed by atoms with E-state index in [2.05, 4.69) is 27.7 Å². The molecule has 6 fully saturated rings. The molecule has 2 spiro atoms. The Morgan fingerprint density at radius 3 is 2.38 bits per heavy atom. The van der Waals surface area contributed by atoms with Gasteiger partial charge in [0, 0.05) is 24.2 Å². The van der Waals surface area contributed by atoms with Gasteiger partial charge in [-0.1, -0.05) is 27.7 Å². The second-order valence-electron chi connectivity index (χ2n) is 17.5. The lowest BCUT2D eigenvalue weighted by molar-refractivity contribution is -0.384. The number of fused-ring (bicyclic) bond motifs is 4. The lowest BCUT2D eigenvalue weighted by Gasteiger charge is -2.59. The predicted molar refractivity (Wildman–Crippen MR) is 177 cm³/mol. The van der Waals surface area contributed by atoms with E-state index in [1.54, 1.807) is 13.8 Å². The first-order valence-electron chi connectivity index (χ1n) is 18.3. The maximum atomic E-state index is 13.0. The number of benzene rings is 1. The number of rotatable bonds is 7. The monoisotopic (exact) mass is 669 g/mol. The summed E-state index contributed by atoms with van der Waals surface area (Å²) in [6.45, 7) is 15.4. The molecular formula is C38H55NO9. The van der Waals surface area contributed by atoms with E-state index in [4.69, 9.17) is 18.9 Å². The summed E-state index contributed by atoms with van der Waals surface area (Å²) in [6, 6.07) is 5.45. The summed E-state index contributed by atoms with van der Waals surface area (Å²) < 4.78 is 24.3. The molecule has 2 N–H and O–H groups in total. The highest BCUT2D eigenvalue weighted by atomic mass is 16.7. The first kappa shape index (κ1) is 34.2. The molecule has 5 saturated carbocycles. The molecule has 10 nitrogen and oxygen atoms in total. The lowest BCUT2D eigenvalue weighted by Crippen LogP contribution is -2.56. The molecule has 5 unspecified atom stereocenters. The van der Waals surface area contributed by atoms with Crippen molar-refractivity contribution in [2.24, 2.45) is 51.2 Å². The fraction of sp³-hybridized carbons (Fsp3) is 0.816. The number of nitro benzene ring substituents is 1. The summed E-state index contributed by atoms with van der Waals surface area (Å²) in [6.07, 6.45) is 5.33. The van der Waals surface area contributed by atoms with Crippen LogP contribution in [-0.4, -0.2) is 64.0 Å². The van der Waals surface area contributed by atoms with E-state index in [0.29, 0.717) is 30.3 Å². The fourth-order valence-corrected chi connectivity index (χ4v) is 13.3. The third-order valence-corrected chi connectivity index (χ3v) is 15.1. The van der Waals surface area contributed by atoms with Crippen molar-refractivity contribution in [2.45, 2.75) is 136 Å². The van der Waals surface area contributed by atoms with Gasteiger partial charge in [0.1, 0.15) is 18.0 Å². The van der Waals surface area contributed by atoms with Gasteiger partial charge in [0.05, 0.1) is 28.8 Å². The summed E-state index contributed by atoms with van der Waals surface area (Å²) in [5.41, 5.74) is -1.04. The van der Waals surface area contributed by atoms with Gasteiger partial charge < -0.3 is 29.2 Å². The summed E-state index contributed by atoms with van der Waals surface area (Å²) in [5.74, 6) is 2.01. The van der Waals surface area contributed by atoms with Crippen molar-refractivity contribution in [3.8, 4) is 5.75 Å². The maximum Gasteiger partial charge on any atom is 0.514 e. The predicted octanol–water partition coefficient (Wildman–Crippen LogP) is 7.08. The van der Waals surface area contributed by atoms with Gasteiger partial charge in [-0.25, -0.2) is 4.79 Å². The van der Waals surface area contributed by atoms with Crippen molar-refractivity contribution in [3.63, 3.8) is 0 Å². The smallest absolute Gasteiger partial charge is 0.430 e. The van der Waals surface area contributed by atoms with Crippen molar-refractivity contribution < 1.29 is 38.9 Å². The van der Waals surface area contributed by atoms with E-state index in [9.17, 15) is 25.1 Å². The van der Waals surface area contributed by atoms with Crippen LogP contribution in [0.4, 0.5) is 10.5 Å². The van der Waals surface area contributed by atoms with E-state index in [1.165, 1.54) is 24.3 Å². The van der Waals surface area contributed by atoms with Gasteiger partial charge >= 0.3 is 6.16 Å². The zero-order chi connectivity index (χ0) is 34.6. The Bertz CT molecular complexity index is 1420. The van der Waals surface area contributed by atoms with Crippen molar-refractivity contribution in [3.05, 3.63) is 34.4 Å². The Hall–Kier alpha value is -2.27. The molecule has 266 valence electrons. The Morgan fingerprint density at radius 2 is 1.73 bits per heavy atom. The summed E-state index contributed by atoms with van der Waals surface area (Å²) in [7, 11) is 0. The third-order valence-electron chi connectivity index (χ3n) is 15.1. The van der Waals surface area contributed by atoms with Crippen LogP contribution in [0.15, 0.2) is 24.3 Å². The van der Waals surface area contributed by atoms with Crippen LogP contribution in [0, 0.1) is 61.4 Å². The topological polar surface area (TPSA) is 138 Å². The molecule has 0 aromatic heterocycles. The average molecular weight is 670 g/mol. The Balaban J connectivity index is 1.08. The fourth-order valence-electron chi connectivity index (χ4n) is 13.3. The van der Waals surface area contributed by atoms with Crippen LogP contribution in [0.25, 0.3) is 0 Å². The van der Waals surface area contributed by atoms with Gasteiger partial charge in [0.15, 0.2) is 0 Å². The molecule has 1 aromatic rings. The number of nitro groups is 1. The number of non-ortho nitro benzene ring substituents is 1. The molecule has 13 atom stereocenters. The van der Waals surface area contributed by atoms with Crippen molar-refractivity contribution in [1.82, 2.24) is 0 Å². The summed E-state index contributed by atoms with van der Waals surface area (Å²) in [5, 5.41) is 34.2. The van der Waals surface area contributed by atoms with Crippen LogP contribution in [0.3, 0.4) is 0 Å². The summed E-state index contributed by atoms with van der Waals surface area (Å²) >= 11 is 0. The van der Waals surface area contributed by atoms with E-state index in [-0.39, 0.29) is 57.3 Å². The van der Waals surface area contributed by atoms with Crippen LogP contribution in [0.5, 0.6) is 5.75 Å². The molecule has 0 amide bonds. The SMILES string of the molecule is CCO[C@@H]([C@H]1CCC2[C@H](O1)C(O)C1[C@@H]3CCC4C(C)(C)[C@@H](OC(=O)Oc5ccc([N+](=O)[O-])cc5)CCC45[C@@H](C)[C@@]35CC[C@]21C)C(C)(C)O. The van der Waals surface area contributed by atoms with E-state index in [1.807, 2.05) is 6.92 Å². The number of hydrogen-bond donors (Lipinski definition) is 2. The Kier molecular flexibility index (Phi) is 8.10. The molecule has 48 heavy (non-hydrogen) atoms. The first-order chi connectivity index (χ1) is 22.5. The molecule has 10 heteroatoms. The molecule has 1 aromatic carbocycles. The number of aliphatic hydroxyl groups excluding tert-OH is 1. The molecule has 0 bridgehead atoms. The molecule has 7 rings (SSSR count). The Labute approximate surface area is 284 Å². The van der Waals surface area contributed by atoms with Crippen LogP contribution >= 0.6 is 0 Å². The maximum absolute atomic E-state index is 13.0. The highest BCUT2D eigenvalue weighted by Gasteiger charge is 2.85. The molecule has 6 aliphatic rings. The van der Waals surface area contributed by atoms with Crippen LogP contribution in [0.1, 0.15) is 99.8 Å². The van der Waals surface area contributed by atoms with Gasteiger partial charge in [0.2, 0.25) is 0 Å². The highest BCUT2D eigenvalue weighted by molar-refractivity contribution is 5.64. The zero-order valence-electron chi connectivity index (χ0n) is 29.6. The number of nitrogens with zero attached hydrogens (tertiary/aromatic N) is 1. The normalized spacial score (nSPS) is 44.6. The molecule has 5 aliphatic carbocycles. The number of carbonyl (C=O) groups excluding carboxylic acids is 1. The van der Waals surface area contributed by atoms with E-state index >= 15 is 0 Å². The van der Waals surface area contributed by atoms with Gasteiger partial charge in [-0.05, 0) is 130 Å². The van der Waals surface area contributed by atoms with Gasteiger partial charge in [0.25, 0.3) is 5.69 Å². The minimum Gasteiger partial charge on any atom is -0.430 e. The standard InChI is InChI=1S/C38H55NO9/c1-8-45-32(35(5,6)42)26-15-13-25-31(47-26)30(40)29-24-14-16-27-34(3,4)28(48-33(41)46-23-11-9-22(10-12-23)39(43)44)17-18-38(27)21(2)37(24,38)20-19-36(25,29)7/h9-12,21,24-32,40,42H,8,13-20H2,1-7H3/t21-,24-,25?,26+,27?,28-,29?,30?,31-,32-,36+,37-,38?/m0/s1. The van der Waals surface area contributed by atoms with E-state index < -0.39 is 28.9 Å². The second kappa shape index (κ2) is 11.4. The quantitative estimate of drug-likeness (QED) is 0.135. The van der Waals surface area contributed by atoms with Crippen molar-refractivity contribution in [2.75, 3.05) is 6.61 Å². The first-order valence-corrected chi connectivity index (χ1v) is 18.3. The van der Waals surface area contributed by atoms with E-state index in [0.717, 1.165) is 51.4 Å². The Morgan fingerprint density at radius 1 is 1.04 bits per heavy atom. The summed E-state index contributed by atoms with van der Waals surface area (Å²) in [4.78, 5) is 23.5. The van der Waals surface area contributed by atoms with Crippen LogP contribution in [0.2, 0.25) is 0 Å². The molecule has 0 radical (unpaired) electrons. The minimum absolute atomic E-state index is 0.00854. The zero-order valence-corrected chi connectivity index (χ0v) is 29.6. The van der Waals surface area contributed by atoms with Crippen LogP contribution < -0.4 is 4.74 Å². The van der Waals surface area contributed by atoms with Gasteiger partial charge in [-0.2, -0.15) is 0 Å². The molecule has 1 aliphatic heterocycles. The number of ether oxygens (including phenoxy) is 4. The van der Waals surface area contributed by atoms with Gasteiger partial charge in [-0.15, -0.1) is 0 Å². The van der Waals surface area contributed by atoms with Crippen molar-refractivity contribution >= 4 is 11.8 Å². The lowest BCUT2D eigenvalue weighted by atomic mass is 9.46. The van der Waals surface area contributed by atoms with Crippen molar-refractivity contribution in [1.29, 1.82) is 0 Å². The number of aliphatic hydroxyl groups is 2.